The second-order valence-electron chi connectivity index (χ2n) is 3.42. The van der Waals surface area contributed by atoms with Gasteiger partial charge in [-0.25, -0.2) is 0 Å². The van der Waals surface area contributed by atoms with Gasteiger partial charge in [-0.3, -0.25) is 0 Å². The fourth-order valence-corrected chi connectivity index (χ4v) is 1.38. The van der Waals surface area contributed by atoms with E-state index in [1.54, 1.807) is 0 Å². The predicted molar refractivity (Wildman–Crippen MR) is 51.7 cm³/mol. The van der Waals surface area contributed by atoms with Crippen molar-refractivity contribution in [2.45, 2.75) is 33.7 Å². The maximum atomic E-state index is 3.28. The summed E-state index contributed by atoms with van der Waals surface area (Å²) >= 11 is 0. The number of hydrogen-bond acceptors (Lipinski definition) is 1. The molecule has 0 heterocycles. The van der Waals surface area contributed by atoms with E-state index in [0.29, 0.717) is 17.9 Å². The lowest BCUT2D eigenvalue weighted by atomic mass is 9.89. The van der Waals surface area contributed by atoms with Gasteiger partial charge in [-0.15, -0.1) is 0 Å². The van der Waals surface area contributed by atoms with Gasteiger partial charge in [0.05, 0.1) is 0 Å². The molecule has 0 spiro atoms. The van der Waals surface area contributed by atoms with Crippen molar-refractivity contribution in [3.05, 3.63) is 12.2 Å². The molecule has 0 aliphatic rings. The Morgan fingerprint density at radius 1 is 1.18 bits per heavy atom. The Labute approximate surface area is 70.9 Å². The molecule has 1 nitrogen and oxygen atoms in total. The number of allylic oxidation sites excluding steroid dienone is 1. The van der Waals surface area contributed by atoms with Crippen molar-refractivity contribution < 1.29 is 0 Å². The van der Waals surface area contributed by atoms with Crippen LogP contribution in [0.5, 0.6) is 0 Å². The molecule has 0 aromatic heterocycles. The molecule has 0 rings (SSSR count). The minimum absolute atomic E-state index is 0.575. The van der Waals surface area contributed by atoms with Gasteiger partial charge in [-0.1, -0.05) is 26.0 Å². The van der Waals surface area contributed by atoms with Gasteiger partial charge in [-0.2, -0.15) is 0 Å². The molecule has 1 heteroatoms. The van der Waals surface area contributed by atoms with Crippen LogP contribution in [0.15, 0.2) is 12.2 Å². The van der Waals surface area contributed by atoms with Crippen molar-refractivity contribution in [1.82, 2.24) is 5.32 Å². The molecule has 66 valence electrons. The summed E-state index contributed by atoms with van der Waals surface area (Å²) in [4.78, 5) is 0. The molecule has 0 fully saturated rings. The van der Waals surface area contributed by atoms with E-state index < -0.39 is 0 Å². The lowest BCUT2D eigenvalue weighted by Crippen LogP contribution is -2.32. The Balaban J connectivity index is 4.09. The fraction of sp³-hybridized carbons (Fsp3) is 0.800. The summed E-state index contributed by atoms with van der Waals surface area (Å²) in [5.74, 6) is 1.37. The molecule has 2 atom stereocenters. The van der Waals surface area contributed by atoms with E-state index >= 15 is 0 Å². The van der Waals surface area contributed by atoms with Crippen LogP contribution in [0.3, 0.4) is 0 Å². The topological polar surface area (TPSA) is 12.0 Å². The highest BCUT2D eigenvalue weighted by molar-refractivity contribution is 4.92. The smallest absolute Gasteiger partial charge is 0.0101 e. The molecule has 0 aromatic carbocycles. The van der Waals surface area contributed by atoms with Crippen LogP contribution in [0.25, 0.3) is 0 Å². The van der Waals surface area contributed by atoms with Gasteiger partial charge in [0.25, 0.3) is 0 Å². The van der Waals surface area contributed by atoms with Crippen LogP contribution >= 0.6 is 0 Å². The molecular weight excluding hydrogens is 134 g/mol. The van der Waals surface area contributed by atoms with Crippen molar-refractivity contribution in [3.63, 3.8) is 0 Å². The van der Waals surface area contributed by atoms with Crippen LogP contribution in [0.2, 0.25) is 0 Å². The van der Waals surface area contributed by atoms with Crippen LogP contribution in [0.4, 0.5) is 0 Å². The lowest BCUT2D eigenvalue weighted by Gasteiger charge is -2.23. The molecule has 0 saturated carbocycles. The minimum Gasteiger partial charge on any atom is -0.317 e. The van der Waals surface area contributed by atoms with Crippen LogP contribution in [0, 0.1) is 11.8 Å². The molecular formula is C10H21N. The Morgan fingerprint density at radius 2 is 1.73 bits per heavy atom. The maximum absolute atomic E-state index is 3.28. The van der Waals surface area contributed by atoms with Crippen molar-refractivity contribution in [3.8, 4) is 0 Å². The predicted octanol–water partition coefficient (Wildman–Crippen LogP) is 2.44. The van der Waals surface area contributed by atoms with E-state index in [0.717, 1.165) is 0 Å². The summed E-state index contributed by atoms with van der Waals surface area (Å²) in [7, 11) is 2.02. The van der Waals surface area contributed by atoms with E-state index in [9.17, 15) is 0 Å². The molecule has 0 aromatic rings. The van der Waals surface area contributed by atoms with Crippen LogP contribution in [-0.2, 0) is 0 Å². The number of rotatable bonds is 4. The highest BCUT2D eigenvalue weighted by atomic mass is 14.9. The second kappa shape index (κ2) is 5.36. The summed E-state index contributed by atoms with van der Waals surface area (Å²) in [6.07, 6.45) is 4.42. The molecule has 0 aliphatic carbocycles. The first-order valence-corrected chi connectivity index (χ1v) is 4.43. The van der Waals surface area contributed by atoms with E-state index in [1.807, 2.05) is 7.05 Å². The average Bonchev–Trinajstić information content (AvgIpc) is 1.98. The average molecular weight is 155 g/mol. The quantitative estimate of drug-likeness (QED) is 0.615. The summed E-state index contributed by atoms with van der Waals surface area (Å²) in [5, 5.41) is 3.28. The van der Waals surface area contributed by atoms with E-state index in [4.69, 9.17) is 0 Å². The van der Waals surface area contributed by atoms with E-state index in [2.05, 4.69) is 45.2 Å². The second-order valence-corrected chi connectivity index (χ2v) is 3.42. The Morgan fingerprint density at radius 3 is 2.00 bits per heavy atom. The van der Waals surface area contributed by atoms with Crippen LogP contribution in [0.1, 0.15) is 27.7 Å². The number of nitrogens with one attached hydrogen (secondary N) is 1. The monoisotopic (exact) mass is 155 g/mol. The molecule has 1 N–H and O–H groups in total. The Hall–Kier alpha value is -0.300. The van der Waals surface area contributed by atoms with E-state index in [-0.39, 0.29) is 0 Å². The van der Waals surface area contributed by atoms with Gasteiger partial charge in [-0.05, 0) is 32.7 Å². The third-order valence-corrected chi connectivity index (χ3v) is 2.22. The van der Waals surface area contributed by atoms with Gasteiger partial charge < -0.3 is 5.32 Å². The zero-order chi connectivity index (χ0) is 8.85. The molecule has 11 heavy (non-hydrogen) atoms. The van der Waals surface area contributed by atoms with Crippen molar-refractivity contribution in [2.24, 2.45) is 11.8 Å². The summed E-state index contributed by atoms with van der Waals surface area (Å²) in [6, 6.07) is 0.575. The molecule has 0 bridgehead atoms. The summed E-state index contributed by atoms with van der Waals surface area (Å²) in [6.45, 7) is 8.83. The fourth-order valence-electron chi connectivity index (χ4n) is 1.38. The van der Waals surface area contributed by atoms with Crippen molar-refractivity contribution in [1.29, 1.82) is 0 Å². The van der Waals surface area contributed by atoms with Gasteiger partial charge in [0, 0.05) is 6.04 Å². The molecule has 0 saturated heterocycles. The van der Waals surface area contributed by atoms with Crippen molar-refractivity contribution >= 4 is 0 Å². The highest BCUT2D eigenvalue weighted by Gasteiger charge is 2.15. The first-order valence-electron chi connectivity index (χ1n) is 4.43. The molecule has 0 amide bonds. The van der Waals surface area contributed by atoms with Crippen LogP contribution in [-0.4, -0.2) is 13.1 Å². The van der Waals surface area contributed by atoms with E-state index in [1.165, 1.54) is 0 Å². The molecule has 0 radical (unpaired) electrons. The van der Waals surface area contributed by atoms with Gasteiger partial charge in [0.1, 0.15) is 0 Å². The third kappa shape index (κ3) is 3.57. The SMILES string of the molecule is C/C=C\C(C(C)C)C(C)NC. The van der Waals surface area contributed by atoms with Crippen LogP contribution < -0.4 is 5.32 Å². The Kier molecular flexibility index (Phi) is 5.22. The van der Waals surface area contributed by atoms with Gasteiger partial charge >= 0.3 is 0 Å². The third-order valence-electron chi connectivity index (χ3n) is 2.22. The standard InChI is InChI=1S/C10H21N/c1-6-7-10(8(2)3)9(4)11-5/h6-11H,1-5H3/b7-6-. The first-order chi connectivity index (χ1) is 5.13. The van der Waals surface area contributed by atoms with Gasteiger partial charge in [0.15, 0.2) is 0 Å². The molecule has 0 aliphatic heterocycles. The van der Waals surface area contributed by atoms with Crippen molar-refractivity contribution in [2.75, 3.05) is 7.05 Å². The highest BCUT2D eigenvalue weighted by Crippen LogP contribution is 2.16. The summed E-state index contributed by atoms with van der Waals surface area (Å²) in [5.41, 5.74) is 0. The zero-order valence-electron chi connectivity index (χ0n) is 8.39. The maximum Gasteiger partial charge on any atom is 0.0101 e. The lowest BCUT2D eigenvalue weighted by molar-refractivity contribution is 0.366. The molecule has 2 unspecified atom stereocenters. The first kappa shape index (κ1) is 10.7. The zero-order valence-corrected chi connectivity index (χ0v) is 8.39. The minimum atomic E-state index is 0.575. The summed E-state index contributed by atoms with van der Waals surface area (Å²) < 4.78 is 0. The Bertz CT molecular complexity index is 116. The number of hydrogen-bond donors (Lipinski definition) is 1. The largest absolute Gasteiger partial charge is 0.317 e. The van der Waals surface area contributed by atoms with Gasteiger partial charge in [0.2, 0.25) is 0 Å². The normalized spacial score (nSPS) is 17.6.